The first kappa shape index (κ1) is 22.8. The molecule has 2 aliphatic heterocycles. The topological polar surface area (TPSA) is 102 Å². The van der Waals surface area contributed by atoms with E-state index in [0.717, 1.165) is 31.1 Å². The SMILES string of the molecule is CCC[C@@H]1C[C@@H](C(=O)N[C@H](C(F)F)[C@H]2OC(SC)[C@H](O)C(O)C2O)N(C)C1. The van der Waals surface area contributed by atoms with Gasteiger partial charge in [-0.15, -0.1) is 11.8 Å². The summed E-state index contributed by atoms with van der Waals surface area (Å²) in [6.45, 7) is 2.79. The van der Waals surface area contributed by atoms with Gasteiger partial charge in [-0.25, -0.2) is 8.78 Å². The van der Waals surface area contributed by atoms with Crippen LogP contribution in [0, 0.1) is 5.92 Å². The highest BCUT2D eigenvalue weighted by molar-refractivity contribution is 7.99. The number of rotatable bonds is 7. The summed E-state index contributed by atoms with van der Waals surface area (Å²) in [6, 6.07) is -2.31. The van der Waals surface area contributed by atoms with Crippen molar-refractivity contribution in [1.29, 1.82) is 0 Å². The summed E-state index contributed by atoms with van der Waals surface area (Å²) in [5.74, 6) is -0.200. The van der Waals surface area contributed by atoms with Crippen LogP contribution in [0.5, 0.6) is 0 Å². The van der Waals surface area contributed by atoms with Crippen LogP contribution in [0.3, 0.4) is 0 Å². The Bertz CT molecular complexity index is 502. The van der Waals surface area contributed by atoms with Gasteiger partial charge in [-0.3, -0.25) is 9.69 Å². The highest BCUT2D eigenvalue weighted by atomic mass is 32.2. The summed E-state index contributed by atoms with van der Waals surface area (Å²) in [5.41, 5.74) is -0.977. The molecule has 0 bridgehead atoms. The Morgan fingerprint density at radius 1 is 1.30 bits per heavy atom. The van der Waals surface area contributed by atoms with Crippen LogP contribution in [0.4, 0.5) is 8.78 Å². The molecular formula is C17H30F2N2O5S. The molecule has 4 N–H and O–H groups in total. The normalized spacial score (nSPS) is 38.9. The number of nitrogens with one attached hydrogen (secondary N) is 1. The van der Waals surface area contributed by atoms with Gasteiger partial charge >= 0.3 is 0 Å². The highest BCUT2D eigenvalue weighted by Gasteiger charge is 2.49. The third kappa shape index (κ3) is 5.10. The number of alkyl halides is 2. The van der Waals surface area contributed by atoms with Crippen LogP contribution in [0.25, 0.3) is 0 Å². The number of carbonyl (C=O) groups excluding carboxylic acids is 1. The van der Waals surface area contributed by atoms with Gasteiger partial charge in [0.2, 0.25) is 5.91 Å². The molecule has 0 aliphatic carbocycles. The molecule has 8 atom stereocenters. The zero-order valence-corrected chi connectivity index (χ0v) is 16.6. The molecule has 27 heavy (non-hydrogen) atoms. The fourth-order valence-electron chi connectivity index (χ4n) is 3.94. The summed E-state index contributed by atoms with van der Waals surface area (Å²) in [7, 11) is 1.78. The third-order valence-corrected chi connectivity index (χ3v) is 6.26. The molecule has 0 radical (unpaired) electrons. The average molecular weight is 412 g/mol. The lowest BCUT2D eigenvalue weighted by Crippen LogP contribution is -2.65. The Kier molecular flexibility index (Phi) is 8.26. The molecule has 0 spiro atoms. The molecule has 0 aromatic carbocycles. The second-order valence-corrected chi connectivity index (χ2v) is 8.33. The second-order valence-electron chi connectivity index (χ2n) is 7.39. The fraction of sp³-hybridized carbons (Fsp3) is 0.941. The number of aliphatic hydroxyl groups is 3. The van der Waals surface area contributed by atoms with Crippen LogP contribution in [-0.4, -0.2) is 94.3 Å². The zero-order chi connectivity index (χ0) is 20.3. The first-order valence-corrected chi connectivity index (χ1v) is 10.5. The Labute approximate surface area is 162 Å². The second kappa shape index (κ2) is 9.80. The monoisotopic (exact) mass is 412 g/mol. The molecule has 0 aromatic heterocycles. The van der Waals surface area contributed by atoms with Gasteiger partial charge in [-0.1, -0.05) is 13.3 Å². The van der Waals surface area contributed by atoms with E-state index in [9.17, 15) is 28.9 Å². The number of hydrogen-bond donors (Lipinski definition) is 4. The van der Waals surface area contributed by atoms with Crippen molar-refractivity contribution in [1.82, 2.24) is 10.2 Å². The van der Waals surface area contributed by atoms with E-state index in [-0.39, 0.29) is 0 Å². The number of amides is 1. The largest absolute Gasteiger partial charge is 0.388 e. The number of thioether (sulfide) groups is 1. The molecule has 0 aromatic rings. The highest BCUT2D eigenvalue weighted by Crippen LogP contribution is 2.31. The van der Waals surface area contributed by atoms with Crippen LogP contribution in [0.15, 0.2) is 0 Å². The van der Waals surface area contributed by atoms with Crippen molar-refractivity contribution in [2.24, 2.45) is 5.92 Å². The van der Waals surface area contributed by atoms with E-state index in [0.29, 0.717) is 12.3 Å². The van der Waals surface area contributed by atoms with Gasteiger partial charge < -0.3 is 25.4 Å². The van der Waals surface area contributed by atoms with E-state index < -0.39 is 54.3 Å². The first-order chi connectivity index (χ1) is 12.7. The summed E-state index contributed by atoms with van der Waals surface area (Å²) in [4.78, 5) is 14.5. The Balaban J connectivity index is 2.09. The third-order valence-electron chi connectivity index (χ3n) is 5.41. The fourth-order valence-corrected chi connectivity index (χ4v) is 4.62. The molecule has 10 heteroatoms. The van der Waals surface area contributed by atoms with Gasteiger partial charge in [-0.2, -0.15) is 0 Å². The van der Waals surface area contributed by atoms with E-state index in [1.165, 1.54) is 0 Å². The van der Waals surface area contributed by atoms with Crippen molar-refractivity contribution in [3.63, 3.8) is 0 Å². The zero-order valence-electron chi connectivity index (χ0n) is 15.8. The average Bonchev–Trinajstić information content (AvgIpc) is 2.99. The summed E-state index contributed by atoms with van der Waals surface area (Å²) < 4.78 is 32.8. The number of halogens is 2. The van der Waals surface area contributed by atoms with Gasteiger partial charge in [0.25, 0.3) is 6.43 Å². The minimum absolute atomic E-state index is 0.343. The predicted molar refractivity (Wildman–Crippen MR) is 97.6 cm³/mol. The van der Waals surface area contributed by atoms with Crippen LogP contribution < -0.4 is 5.32 Å². The molecule has 3 unspecified atom stereocenters. The Morgan fingerprint density at radius 3 is 2.52 bits per heavy atom. The Morgan fingerprint density at radius 2 is 1.96 bits per heavy atom. The minimum atomic E-state index is -3.00. The van der Waals surface area contributed by atoms with E-state index in [1.807, 2.05) is 4.90 Å². The van der Waals surface area contributed by atoms with Crippen LogP contribution >= 0.6 is 11.8 Å². The minimum Gasteiger partial charge on any atom is -0.388 e. The lowest BCUT2D eigenvalue weighted by Gasteiger charge is -2.43. The Hall–Kier alpha value is -0.520. The van der Waals surface area contributed by atoms with E-state index in [2.05, 4.69) is 12.2 Å². The van der Waals surface area contributed by atoms with Crippen molar-refractivity contribution in [3.8, 4) is 0 Å². The van der Waals surface area contributed by atoms with Crippen molar-refractivity contribution in [2.75, 3.05) is 19.8 Å². The molecule has 2 aliphatic rings. The number of aliphatic hydroxyl groups excluding tert-OH is 3. The number of hydrogen-bond acceptors (Lipinski definition) is 7. The number of nitrogens with zero attached hydrogens (tertiary/aromatic N) is 1. The van der Waals surface area contributed by atoms with Gasteiger partial charge in [-0.05, 0) is 32.1 Å². The van der Waals surface area contributed by atoms with Crippen molar-refractivity contribution < 1.29 is 33.6 Å². The van der Waals surface area contributed by atoms with Gasteiger partial charge in [0.1, 0.15) is 35.9 Å². The molecular weight excluding hydrogens is 382 g/mol. The maximum Gasteiger partial charge on any atom is 0.261 e. The van der Waals surface area contributed by atoms with Gasteiger partial charge in [0.05, 0.1) is 6.04 Å². The van der Waals surface area contributed by atoms with Crippen molar-refractivity contribution >= 4 is 17.7 Å². The molecule has 1 amide bonds. The predicted octanol–water partition coefficient (Wildman–Crippen LogP) is 0.0273. The molecule has 2 rings (SSSR count). The van der Waals surface area contributed by atoms with Gasteiger partial charge in [0, 0.05) is 6.54 Å². The maximum atomic E-state index is 13.7. The molecule has 7 nitrogen and oxygen atoms in total. The standard InChI is InChI=1S/C17H30F2N2O5S/c1-4-5-8-6-9(21(2)7-8)16(25)20-10(15(18)19)14-12(23)11(22)13(24)17(26-14)27-3/h8-15,17,22-24H,4-7H2,1-3H3,(H,20,25)/t8-,9+,10+,11?,12?,13-,14-,17?/m1/s1. The summed E-state index contributed by atoms with van der Waals surface area (Å²) in [6.07, 6.45) is -5.17. The quantitative estimate of drug-likeness (QED) is 0.468. The lowest BCUT2D eigenvalue weighted by atomic mass is 9.94. The van der Waals surface area contributed by atoms with Crippen LogP contribution in [-0.2, 0) is 9.53 Å². The van der Waals surface area contributed by atoms with E-state index >= 15 is 0 Å². The first-order valence-electron chi connectivity index (χ1n) is 9.22. The van der Waals surface area contributed by atoms with Crippen molar-refractivity contribution in [3.05, 3.63) is 0 Å². The lowest BCUT2D eigenvalue weighted by molar-refractivity contribution is -0.213. The van der Waals surface area contributed by atoms with Crippen LogP contribution in [0.1, 0.15) is 26.2 Å². The molecule has 2 fully saturated rings. The van der Waals surface area contributed by atoms with Crippen LogP contribution in [0.2, 0.25) is 0 Å². The van der Waals surface area contributed by atoms with Gasteiger partial charge in [0.15, 0.2) is 0 Å². The molecule has 2 heterocycles. The summed E-state index contributed by atoms with van der Waals surface area (Å²) in [5, 5.41) is 32.3. The molecule has 2 saturated heterocycles. The number of carbonyl (C=O) groups is 1. The number of likely N-dealkylation sites (tertiary alicyclic amines) is 1. The molecule has 0 saturated carbocycles. The van der Waals surface area contributed by atoms with E-state index in [1.54, 1.807) is 13.3 Å². The molecule has 158 valence electrons. The maximum absolute atomic E-state index is 13.7. The van der Waals surface area contributed by atoms with Crippen molar-refractivity contribution in [2.45, 2.75) is 74.5 Å². The van der Waals surface area contributed by atoms with E-state index in [4.69, 9.17) is 4.74 Å². The summed E-state index contributed by atoms with van der Waals surface area (Å²) >= 11 is 1.03. The number of ether oxygens (including phenoxy) is 1. The smallest absolute Gasteiger partial charge is 0.261 e. The number of likely N-dealkylation sites (N-methyl/N-ethyl adjacent to an activating group) is 1.